The molecule has 0 fully saturated rings. The number of alkyl halides is 5. The van der Waals surface area contributed by atoms with Crippen LogP contribution in [0.15, 0.2) is 24.3 Å². The Morgan fingerprint density at radius 2 is 1.65 bits per heavy atom. The normalized spacial score (nSPS) is 12.4. The summed E-state index contributed by atoms with van der Waals surface area (Å²) in [4.78, 5) is 10.9. The van der Waals surface area contributed by atoms with Crippen LogP contribution in [0.3, 0.4) is 0 Å². The van der Waals surface area contributed by atoms with E-state index in [2.05, 4.69) is 11.7 Å². The van der Waals surface area contributed by atoms with Gasteiger partial charge >= 0.3 is 12.3 Å². The summed E-state index contributed by atoms with van der Waals surface area (Å²) in [6.07, 6.45) is -11.2. The zero-order valence-corrected chi connectivity index (χ0v) is 8.22. The highest BCUT2D eigenvalue weighted by Gasteiger charge is 2.61. The van der Waals surface area contributed by atoms with E-state index in [4.69, 9.17) is 0 Å². The first-order valence-electron chi connectivity index (χ1n) is 4.24. The number of rotatable bonds is 3. The van der Waals surface area contributed by atoms with E-state index in [0.29, 0.717) is 0 Å². The van der Waals surface area contributed by atoms with Crippen LogP contribution in [0, 0.1) is 6.92 Å². The second-order valence-electron chi connectivity index (χ2n) is 3.04. The summed E-state index contributed by atoms with van der Waals surface area (Å²) in [6, 6.07) is 4.32. The lowest BCUT2D eigenvalue weighted by Crippen LogP contribution is -2.42. The summed E-state index contributed by atoms with van der Waals surface area (Å²) in [7, 11) is 0. The van der Waals surface area contributed by atoms with Crippen molar-refractivity contribution in [3.63, 3.8) is 0 Å². The van der Waals surface area contributed by atoms with Crippen LogP contribution in [0.4, 0.5) is 22.0 Å². The van der Waals surface area contributed by atoms with Crippen LogP contribution in [0.2, 0.25) is 0 Å². The van der Waals surface area contributed by atoms with Gasteiger partial charge in [0.1, 0.15) is 5.75 Å². The fourth-order valence-electron chi connectivity index (χ4n) is 0.982. The molecule has 0 aliphatic carbocycles. The van der Waals surface area contributed by atoms with Gasteiger partial charge in [-0.25, -0.2) is 0 Å². The summed E-state index contributed by atoms with van der Waals surface area (Å²) in [5.41, 5.74) is -0.448. The molecule has 0 N–H and O–H groups in total. The summed E-state index contributed by atoms with van der Waals surface area (Å²) < 4.78 is 64.3. The van der Waals surface area contributed by atoms with Crippen LogP contribution >= 0.6 is 0 Å². The van der Waals surface area contributed by atoms with Gasteiger partial charge in [-0.3, -0.25) is 4.79 Å². The molecule has 0 bridgehead atoms. The summed E-state index contributed by atoms with van der Waals surface area (Å²) in [5, 5.41) is 0. The molecule has 0 unspecified atom stereocenters. The first-order valence-corrected chi connectivity index (χ1v) is 4.24. The summed E-state index contributed by atoms with van der Waals surface area (Å²) in [5.74, 6) is -1.78. The zero-order chi connectivity index (χ0) is 13.3. The monoisotopic (exact) mass is 253 g/mol. The average molecular weight is 253 g/mol. The van der Waals surface area contributed by atoms with Crippen LogP contribution in [0.25, 0.3) is 0 Å². The molecule has 1 rings (SSSR count). The largest absolute Gasteiger partial charge is 0.499 e. The van der Waals surface area contributed by atoms with E-state index in [-0.39, 0.29) is 0 Å². The number of ether oxygens (including phenoxy) is 1. The molecular formula is C10H6F5O2. The molecule has 0 saturated heterocycles. The van der Waals surface area contributed by atoms with Gasteiger partial charge in [0.05, 0.1) is 5.56 Å². The van der Waals surface area contributed by atoms with Crippen molar-refractivity contribution in [3.05, 3.63) is 36.8 Å². The molecule has 0 aliphatic rings. The van der Waals surface area contributed by atoms with Gasteiger partial charge in [0.25, 0.3) is 0 Å². The van der Waals surface area contributed by atoms with E-state index >= 15 is 0 Å². The van der Waals surface area contributed by atoms with Gasteiger partial charge in [-0.1, -0.05) is 12.1 Å². The number of ketones is 1. The van der Waals surface area contributed by atoms with Crippen molar-refractivity contribution in [3.8, 4) is 5.75 Å². The van der Waals surface area contributed by atoms with E-state index in [1.165, 1.54) is 6.07 Å². The molecule has 1 aromatic rings. The standard InChI is InChI=1S/C10H6F5O2/c1-6(16)7-4-2-3-5-8(7)17-10(14,15)9(11,12)13/h2-5H,1H2. The molecule has 93 valence electrons. The quantitative estimate of drug-likeness (QED) is 0.610. The number of hydrogen-bond acceptors (Lipinski definition) is 2. The Morgan fingerprint density at radius 3 is 2.12 bits per heavy atom. The molecule has 0 heterocycles. The average Bonchev–Trinajstić information content (AvgIpc) is 2.15. The van der Waals surface area contributed by atoms with Crippen LogP contribution < -0.4 is 4.74 Å². The van der Waals surface area contributed by atoms with Crippen LogP contribution in [-0.4, -0.2) is 18.1 Å². The highest BCUT2D eigenvalue weighted by Crippen LogP contribution is 2.38. The maximum Gasteiger partial charge on any atom is 0.499 e. The van der Waals surface area contributed by atoms with E-state index < -0.39 is 29.4 Å². The third-order valence-electron chi connectivity index (χ3n) is 1.76. The molecule has 0 saturated carbocycles. The topological polar surface area (TPSA) is 26.3 Å². The predicted molar refractivity (Wildman–Crippen MR) is 47.8 cm³/mol. The van der Waals surface area contributed by atoms with E-state index in [1.54, 1.807) is 0 Å². The van der Waals surface area contributed by atoms with Crippen molar-refractivity contribution in [2.45, 2.75) is 12.3 Å². The number of benzene rings is 1. The minimum atomic E-state index is -5.86. The molecule has 0 spiro atoms. The van der Waals surface area contributed by atoms with Gasteiger partial charge in [0.15, 0.2) is 5.78 Å². The second kappa shape index (κ2) is 4.31. The maximum atomic E-state index is 12.6. The molecule has 17 heavy (non-hydrogen) atoms. The zero-order valence-electron chi connectivity index (χ0n) is 8.22. The molecular weight excluding hydrogens is 247 g/mol. The molecule has 0 amide bonds. The first-order chi connectivity index (χ1) is 7.65. The van der Waals surface area contributed by atoms with E-state index in [0.717, 1.165) is 18.2 Å². The molecule has 1 aromatic carbocycles. The minimum absolute atomic E-state index is 0.448. The minimum Gasteiger partial charge on any atom is -0.425 e. The number of halogens is 5. The highest BCUT2D eigenvalue weighted by molar-refractivity contribution is 6.01. The summed E-state index contributed by atoms with van der Waals surface area (Å²) in [6.45, 7) is 2.92. The Balaban J connectivity index is 3.08. The van der Waals surface area contributed by atoms with Gasteiger partial charge in [-0.2, -0.15) is 22.0 Å². The number of hydrogen-bond donors (Lipinski definition) is 0. The smallest absolute Gasteiger partial charge is 0.425 e. The van der Waals surface area contributed by atoms with Gasteiger partial charge in [0, 0.05) is 6.92 Å². The molecule has 7 heteroatoms. The molecule has 1 radical (unpaired) electrons. The maximum absolute atomic E-state index is 12.6. The van der Waals surface area contributed by atoms with Crippen LogP contribution in [0.5, 0.6) is 5.75 Å². The third kappa shape index (κ3) is 2.92. The van der Waals surface area contributed by atoms with Crippen molar-refractivity contribution >= 4 is 5.78 Å². The molecule has 2 nitrogen and oxygen atoms in total. The third-order valence-corrected chi connectivity index (χ3v) is 1.76. The van der Waals surface area contributed by atoms with Gasteiger partial charge in [-0.15, -0.1) is 0 Å². The lowest BCUT2D eigenvalue weighted by Gasteiger charge is -2.21. The number of para-hydroxylation sites is 1. The lowest BCUT2D eigenvalue weighted by molar-refractivity contribution is -0.360. The fraction of sp³-hybridized carbons (Fsp3) is 0.200. The van der Waals surface area contributed by atoms with Gasteiger partial charge < -0.3 is 4.74 Å². The molecule has 0 atom stereocenters. The van der Waals surface area contributed by atoms with Crippen molar-refractivity contribution < 1.29 is 31.5 Å². The lowest BCUT2D eigenvalue weighted by atomic mass is 10.1. The number of carbonyl (C=O) groups is 1. The Kier molecular flexibility index (Phi) is 3.40. The second-order valence-corrected chi connectivity index (χ2v) is 3.04. The van der Waals surface area contributed by atoms with Gasteiger partial charge in [0.2, 0.25) is 0 Å². The first kappa shape index (κ1) is 13.4. The Morgan fingerprint density at radius 1 is 1.12 bits per heavy atom. The van der Waals surface area contributed by atoms with Crippen molar-refractivity contribution in [2.24, 2.45) is 0 Å². The van der Waals surface area contributed by atoms with Gasteiger partial charge in [-0.05, 0) is 12.1 Å². The summed E-state index contributed by atoms with van der Waals surface area (Å²) >= 11 is 0. The van der Waals surface area contributed by atoms with Crippen LogP contribution in [-0.2, 0) is 0 Å². The van der Waals surface area contributed by atoms with Crippen molar-refractivity contribution in [1.82, 2.24) is 0 Å². The van der Waals surface area contributed by atoms with E-state index in [9.17, 15) is 26.7 Å². The SMILES string of the molecule is [CH2]C(=O)c1ccccc1OC(F)(F)C(F)(F)F. The molecule has 0 aromatic heterocycles. The Labute approximate surface area is 93.0 Å². The fourth-order valence-corrected chi connectivity index (χ4v) is 0.982. The molecule has 0 aliphatic heterocycles. The van der Waals surface area contributed by atoms with Crippen molar-refractivity contribution in [2.75, 3.05) is 0 Å². The Bertz CT molecular complexity index is 425. The van der Waals surface area contributed by atoms with Crippen molar-refractivity contribution in [1.29, 1.82) is 0 Å². The predicted octanol–water partition coefficient (Wildman–Crippen LogP) is 3.24. The number of Topliss-reactive ketones (excluding diaryl/α,β-unsaturated/α-hetero) is 1. The van der Waals surface area contributed by atoms with Crippen LogP contribution in [0.1, 0.15) is 10.4 Å². The number of carbonyl (C=O) groups excluding carboxylic acids is 1. The van der Waals surface area contributed by atoms with E-state index in [1.807, 2.05) is 0 Å². The highest BCUT2D eigenvalue weighted by atomic mass is 19.4. The Hall–Kier alpha value is -1.66.